The Hall–Kier alpha value is -0.950. The predicted octanol–water partition coefficient (Wildman–Crippen LogP) is 3.59. The van der Waals surface area contributed by atoms with Gasteiger partial charge in [0.15, 0.2) is 0 Å². The van der Waals surface area contributed by atoms with Gasteiger partial charge in [-0.05, 0) is 58.5 Å². The third-order valence-electron chi connectivity index (χ3n) is 3.06. The van der Waals surface area contributed by atoms with E-state index >= 15 is 0 Å². The van der Waals surface area contributed by atoms with E-state index in [1.165, 1.54) is 5.56 Å². The van der Waals surface area contributed by atoms with Gasteiger partial charge in [-0.3, -0.25) is 4.79 Å². The first kappa shape index (κ1) is 16.4. The van der Waals surface area contributed by atoms with E-state index in [4.69, 9.17) is 11.6 Å². The zero-order valence-electron chi connectivity index (χ0n) is 11.6. The van der Waals surface area contributed by atoms with Crippen LogP contribution in [-0.2, 0) is 0 Å². The summed E-state index contributed by atoms with van der Waals surface area (Å²) < 4.78 is 0.721. The molecule has 21 heavy (non-hydrogen) atoms. The van der Waals surface area contributed by atoms with Crippen LogP contribution in [-0.4, -0.2) is 36.4 Å². The number of amides is 1. The fourth-order valence-corrected chi connectivity index (χ4v) is 3.16. The fraction of sp³-hybridized carbons (Fsp3) is 0.286. The third kappa shape index (κ3) is 4.26. The molecule has 2 heterocycles. The number of pyridine rings is 1. The van der Waals surface area contributed by atoms with Crippen LogP contribution in [0.4, 0.5) is 0 Å². The minimum atomic E-state index is -0.226. The summed E-state index contributed by atoms with van der Waals surface area (Å²) in [4.78, 5) is 18.3. The molecule has 0 radical (unpaired) electrons. The zero-order chi connectivity index (χ0) is 15.4. The second-order valence-electron chi connectivity index (χ2n) is 4.74. The standard InChI is InChI=1S/C14H15BrClN3OS/c1-19(2)12(9-3-4-21-8-9)7-18-14(20)11-5-10(15)6-17-13(11)16/h3-6,8,12H,7H2,1-2H3,(H,18,20). The summed E-state index contributed by atoms with van der Waals surface area (Å²) in [6, 6.07) is 3.86. The summed E-state index contributed by atoms with van der Waals surface area (Å²) in [6.07, 6.45) is 1.56. The molecule has 112 valence electrons. The lowest BCUT2D eigenvalue weighted by molar-refractivity contribution is 0.0941. The smallest absolute Gasteiger partial charge is 0.254 e. The van der Waals surface area contributed by atoms with Gasteiger partial charge < -0.3 is 10.2 Å². The first-order chi connectivity index (χ1) is 9.99. The highest BCUT2D eigenvalue weighted by Gasteiger charge is 2.18. The van der Waals surface area contributed by atoms with Crippen LogP contribution in [0.25, 0.3) is 0 Å². The van der Waals surface area contributed by atoms with E-state index in [-0.39, 0.29) is 17.1 Å². The quantitative estimate of drug-likeness (QED) is 0.796. The van der Waals surface area contributed by atoms with Crippen molar-refractivity contribution in [1.29, 1.82) is 0 Å². The molecule has 7 heteroatoms. The van der Waals surface area contributed by atoms with Gasteiger partial charge in [0.05, 0.1) is 11.6 Å². The van der Waals surface area contributed by atoms with Gasteiger partial charge in [-0.25, -0.2) is 4.98 Å². The molecule has 0 aliphatic heterocycles. The van der Waals surface area contributed by atoms with Crippen molar-refractivity contribution in [1.82, 2.24) is 15.2 Å². The number of aromatic nitrogens is 1. The number of hydrogen-bond donors (Lipinski definition) is 1. The van der Waals surface area contributed by atoms with Gasteiger partial charge in [0.25, 0.3) is 5.91 Å². The number of likely N-dealkylation sites (N-methyl/N-ethyl adjacent to an activating group) is 1. The largest absolute Gasteiger partial charge is 0.350 e. The van der Waals surface area contributed by atoms with Gasteiger partial charge in [-0.1, -0.05) is 11.6 Å². The Bertz CT molecular complexity index is 619. The molecule has 4 nitrogen and oxygen atoms in total. The summed E-state index contributed by atoms with van der Waals surface area (Å²) in [5, 5.41) is 7.24. The van der Waals surface area contributed by atoms with Gasteiger partial charge in [0.1, 0.15) is 5.15 Å². The van der Waals surface area contributed by atoms with E-state index in [1.807, 2.05) is 19.5 Å². The molecule has 0 bridgehead atoms. The summed E-state index contributed by atoms with van der Waals surface area (Å²) >= 11 is 10.9. The molecule has 0 saturated heterocycles. The average Bonchev–Trinajstić information content (AvgIpc) is 2.95. The minimum Gasteiger partial charge on any atom is -0.350 e. The van der Waals surface area contributed by atoms with Crippen LogP contribution in [0.15, 0.2) is 33.6 Å². The number of thiophene rings is 1. The third-order valence-corrected chi connectivity index (χ3v) is 4.49. The van der Waals surface area contributed by atoms with Crippen molar-refractivity contribution < 1.29 is 4.79 Å². The SMILES string of the molecule is CN(C)C(CNC(=O)c1cc(Br)cnc1Cl)c1ccsc1. The molecule has 2 aromatic heterocycles. The van der Waals surface area contributed by atoms with Gasteiger partial charge in [0.2, 0.25) is 0 Å². The molecular weight excluding hydrogens is 374 g/mol. The minimum absolute atomic E-state index is 0.124. The van der Waals surface area contributed by atoms with Crippen molar-refractivity contribution in [3.63, 3.8) is 0 Å². The first-order valence-electron chi connectivity index (χ1n) is 6.27. The Labute approximate surface area is 141 Å². The lowest BCUT2D eigenvalue weighted by Crippen LogP contribution is -2.34. The van der Waals surface area contributed by atoms with Crippen LogP contribution < -0.4 is 5.32 Å². The maximum absolute atomic E-state index is 12.2. The Kier molecular flexibility index (Phi) is 5.75. The van der Waals surface area contributed by atoms with E-state index in [9.17, 15) is 4.79 Å². The van der Waals surface area contributed by atoms with Gasteiger partial charge >= 0.3 is 0 Å². The molecule has 1 amide bonds. The van der Waals surface area contributed by atoms with Crippen molar-refractivity contribution >= 4 is 44.8 Å². The first-order valence-corrected chi connectivity index (χ1v) is 8.38. The summed E-state index contributed by atoms with van der Waals surface area (Å²) in [5.41, 5.74) is 1.55. The normalized spacial score (nSPS) is 12.4. The maximum atomic E-state index is 12.2. The maximum Gasteiger partial charge on any atom is 0.254 e. The second-order valence-corrected chi connectivity index (χ2v) is 6.79. The topological polar surface area (TPSA) is 45.2 Å². The molecule has 0 aliphatic rings. The number of rotatable bonds is 5. The lowest BCUT2D eigenvalue weighted by Gasteiger charge is -2.24. The monoisotopic (exact) mass is 387 g/mol. The summed E-state index contributed by atoms with van der Waals surface area (Å²) in [5.74, 6) is -0.226. The molecule has 0 aromatic carbocycles. The number of carbonyl (C=O) groups excluding carboxylic acids is 1. The van der Waals surface area contributed by atoms with Crippen molar-refractivity contribution in [2.75, 3.05) is 20.6 Å². The van der Waals surface area contributed by atoms with Crippen molar-refractivity contribution in [2.24, 2.45) is 0 Å². The van der Waals surface area contributed by atoms with Gasteiger partial charge in [-0.2, -0.15) is 11.3 Å². The Morgan fingerprint density at radius 2 is 2.33 bits per heavy atom. The predicted molar refractivity (Wildman–Crippen MR) is 90.0 cm³/mol. The fourth-order valence-electron chi connectivity index (χ4n) is 1.93. The highest BCUT2D eigenvalue weighted by Crippen LogP contribution is 2.21. The van der Waals surface area contributed by atoms with E-state index in [0.717, 1.165) is 4.47 Å². The lowest BCUT2D eigenvalue weighted by atomic mass is 10.1. The summed E-state index contributed by atoms with van der Waals surface area (Å²) in [6.45, 7) is 0.505. The number of nitrogens with one attached hydrogen (secondary N) is 1. The Morgan fingerprint density at radius 3 is 2.95 bits per heavy atom. The van der Waals surface area contributed by atoms with Crippen molar-refractivity contribution in [2.45, 2.75) is 6.04 Å². The van der Waals surface area contributed by atoms with Crippen LogP contribution >= 0.6 is 38.9 Å². The molecular formula is C14H15BrClN3OS. The Morgan fingerprint density at radius 1 is 1.57 bits per heavy atom. The van der Waals surface area contributed by atoms with E-state index in [1.54, 1.807) is 23.6 Å². The summed E-state index contributed by atoms with van der Waals surface area (Å²) in [7, 11) is 3.98. The molecule has 1 unspecified atom stereocenters. The van der Waals surface area contributed by atoms with Crippen LogP contribution in [0.3, 0.4) is 0 Å². The van der Waals surface area contributed by atoms with Crippen LogP contribution in [0.5, 0.6) is 0 Å². The molecule has 1 atom stereocenters. The molecule has 2 rings (SSSR count). The van der Waals surface area contributed by atoms with E-state index < -0.39 is 0 Å². The zero-order valence-corrected chi connectivity index (χ0v) is 14.8. The van der Waals surface area contributed by atoms with Crippen LogP contribution in [0.2, 0.25) is 5.15 Å². The van der Waals surface area contributed by atoms with Gasteiger partial charge in [0, 0.05) is 17.2 Å². The number of nitrogens with zero attached hydrogens (tertiary/aromatic N) is 2. The van der Waals surface area contributed by atoms with Crippen LogP contribution in [0, 0.1) is 0 Å². The van der Waals surface area contributed by atoms with E-state index in [2.05, 4.69) is 42.6 Å². The highest BCUT2D eigenvalue weighted by molar-refractivity contribution is 9.10. The average molecular weight is 389 g/mol. The van der Waals surface area contributed by atoms with E-state index in [0.29, 0.717) is 12.1 Å². The molecule has 0 aliphatic carbocycles. The molecule has 0 saturated carbocycles. The molecule has 1 N–H and O–H groups in total. The second kappa shape index (κ2) is 7.35. The van der Waals surface area contributed by atoms with Crippen molar-refractivity contribution in [3.05, 3.63) is 49.8 Å². The Balaban J connectivity index is 2.07. The van der Waals surface area contributed by atoms with Crippen molar-refractivity contribution in [3.8, 4) is 0 Å². The number of halogens is 2. The molecule has 0 fully saturated rings. The number of carbonyl (C=O) groups is 1. The number of hydrogen-bond acceptors (Lipinski definition) is 4. The van der Waals surface area contributed by atoms with Crippen LogP contribution in [0.1, 0.15) is 22.0 Å². The molecule has 0 spiro atoms. The van der Waals surface area contributed by atoms with Gasteiger partial charge in [-0.15, -0.1) is 0 Å². The highest BCUT2D eigenvalue weighted by atomic mass is 79.9. The molecule has 2 aromatic rings.